The van der Waals surface area contributed by atoms with E-state index in [4.69, 9.17) is 20.4 Å². The second-order valence-electron chi connectivity index (χ2n) is 21.7. The number of rotatable bonds is 3. The molecule has 8 aliphatic carbocycles. The largest absolute Gasteiger partial charge is 1.00 e. The summed E-state index contributed by atoms with van der Waals surface area (Å²) in [6.07, 6.45) is 14.6. The number of ketones is 3. The van der Waals surface area contributed by atoms with Gasteiger partial charge < -0.3 is 25.9 Å². The van der Waals surface area contributed by atoms with Crippen molar-refractivity contribution in [3.8, 4) is 0 Å². The smallest absolute Gasteiger partial charge is 0.870 e. The van der Waals surface area contributed by atoms with Crippen molar-refractivity contribution in [1.29, 1.82) is 0 Å². The van der Waals surface area contributed by atoms with E-state index in [9.17, 15) is 24.0 Å². The van der Waals surface area contributed by atoms with E-state index in [2.05, 4.69) is 86.6 Å². The van der Waals surface area contributed by atoms with Gasteiger partial charge in [-0.2, -0.15) is 0 Å². The first-order chi connectivity index (χ1) is 26.4. The van der Waals surface area contributed by atoms with Crippen molar-refractivity contribution in [2.24, 2.45) is 80.8 Å². The fraction of sp³-hybridized carbons (Fsp3) is 0.740. The molecule has 0 aromatic carbocycles. The second kappa shape index (κ2) is 19.7. The van der Waals surface area contributed by atoms with Crippen LogP contribution in [0.15, 0.2) is 46.6 Å². The molecular formula is C50H77CrNaO10. The van der Waals surface area contributed by atoms with E-state index in [0.717, 1.165) is 37.2 Å². The minimum absolute atomic E-state index is 0. The van der Waals surface area contributed by atoms with E-state index >= 15 is 0 Å². The van der Waals surface area contributed by atoms with Crippen LogP contribution in [0.1, 0.15) is 143 Å². The van der Waals surface area contributed by atoms with Crippen LogP contribution in [0.4, 0.5) is 0 Å². The summed E-state index contributed by atoms with van der Waals surface area (Å²) in [5.41, 5.74) is 1.79. The standard InChI is InChI=1S/C20H26O2.C20H28O.C5H10O3.C4H8O3.CH4.Cr.Na.H2O/c1-10-6-13-16-14(19(16,4)5)8-12(3)20(18(13)22)9-11(2)17(21)15(20)7-10;1-11-6-14-7-12(2)10-20(14)13(3)9-16-17(19(16,4)5)15(8-11)18(20)21;1-3-5(2,8)4(6)7;1-4(2,7)3(5)6;;;;/h6,9,12-16H,7-8H2,1-5H3;8,10,13-17H,6-7,9H2,1-5H3;8H,3H2,1-2H3,(H,6,7);7H,1-2H3,(H,5,6);1H4;;;1H2/q;;;;;;+1;/p-1/t12-,13+,14-,15-,16+,20-;13-,14-,15+,16-,17+,20-;;;;;;/m11....../s1. The third-order valence-electron chi connectivity index (χ3n) is 16.5. The summed E-state index contributed by atoms with van der Waals surface area (Å²) in [7, 11) is 0. The molecule has 5 N–H and O–H groups in total. The van der Waals surface area contributed by atoms with Gasteiger partial charge in [0.15, 0.2) is 22.8 Å². The molecule has 2 spiro atoms. The number of carbonyl (C=O) groups is 5. The molecule has 0 amide bonds. The molecule has 4 bridgehead atoms. The monoisotopic (exact) mass is 912 g/mol. The maximum Gasteiger partial charge on any atom is 1.00 e. The fourth-order valence-electron chi connectivity index (χ4n) is 12.6. The minimum atomic E-state index is -1.58. The summed E-state index contributed by atoms with van der Waals surface area (Å²) in [5.74, 6) is 2.55. The Morgan fingerprint density at radius 3 is 1.48 bits per heavy atom. The summed E-state index contributed by atoms with van der Waals surface area (Å²) in [6.45, 7) is 27.8. The Kier molecular flexibility index (Phi) is 18.5. The quantitative estimate of drug-likeness (QED) is 0.185. The first-order valence-corrected chi connectivity index (χ1v) is 21.7. The summed E-state index contributed by atoms with van der Waals surface area (Å²) >= 11 is 0. The van der Waals surface area contributed by atoms with Crippen molar-refractivity contribution in [2.45, 2.75) is 154 Å². The van der Waals surface area contributed by atoms with Crippen LogP contribution in [0.5, 0.6) is 0 Å². The topological polar surface area (TPSA) is 196 Å². The predicted octanol–water partition coefficient (Wildman–Crippen LogP) is 6.29. The zero-order valence-corrected chi connectivity index (χ0v) is 42.8. The number of aliphatic carboxylic acids is 2. The van der Waals surface area contributed by atoms with Crippen molar-refractivity contribution < 1.29 is 96.8 Å². The fourth-order valence-corrected chi connectivity index (χ4v) is 12.6. The zero-order chi connectivity index (χ0) is 44.0. The van der Waals surface area contributed by atoms with Gasteiger partial charge in [-0.1, -0.05) is 96.9 Å². The number of Topliss-reactive ketones (excluding diaryl/α,β-unsaturated/α-hetero) is 3. The van der Waals surface area contributed by atoms with E-state index < -0.39 is 28.6 Å². The molecule has 10 nitrogen and oxygen atoms in total. The van der Waals surface area contributed by atoms with Crippen LogP contribution >= 0.6 is 0 Å². The molecule has 1 unspecified atom stereocenters. The molecule has 0 aliphatic heterocycles. The Labute approximate surface area is 405 Å². The van der Waals surface area contributed by atoms with Gasteiger partial charge in [-0.05, 0) is 145 Å². The molecule has 4 saturated carbocycles. The molecule has 8 aliphatic rings. The predicted molar refractivity (Wildman–Crippen MR) is 233 cm³/mol. The molecule has 0 aromatic rings. The first kappa shape index (κ1) is 58.3. The summed E-state index contributed by atoms with van der Waals surface area (Å²) < 4.78 is 0. The summed E-state index contributed by atoms with van der Waals surface area (Å²) in [6, 6.07) is 0. The van der Waals surface area contributed by atoms with Gasteiger partial charge in [-0.3, -0.25) is 14.4 Å². The molecule has 0 radical (unpaired) electrons. The van der Waals surface area contributed by atoms with Gasteiger partial charge in [-0.15, -0.1) is 0 Å². The SMILES string of the molecule is C.CC(C)(O)C(=O)O.CC1=C[C@@H]2C(=O)[C@]3(C=C(C)C(=O)[C@H]3C1)[C@H](C)C[C@@H]1[C@H]2C1(C)C.CC1=C[C@@H]2C(=O)[C@]3(C=C(C)C[C@H]3C1)[C@H](C)C[C@@H]1[C@H]2C1(C)C.CCC(C)(O)C(=O)O.[Cr].[Na+].[OH-]. The van der Waals surface area contributed by atoms with E-state index in [1.54, 1.807) is 6.92 Å². The van der Waals surface area contributed by atoms with Gasteiger partial charge in [0.2, 0.25) is 0 Å². The molecule has 62 heavy (non-hydrogen) atoms. The molecule has 344 valence electrons. The van der Waals surface area contributed by atoms with Crippen LogP contribution in [-0.2, 0) is 41.3 Å². The second-order valence-corrected chi connectivity index (χ2v) is 21.7. The van der Waals surface area contributed by atoms with Crippen LogP contribution in [-0.4, -0.2) is 66.4 Å². The van der Waals surface area contributed by atoms with Gasteiger partial charge in [0.1, 0.15) is 5.78 Å². The van der Waals surface area contributed by atoms with Gasteiger partial charge in [-0.25, -0.2) is 9.59 Å². The van der Waals surface area contributed by atoms with Gasteiger partial charge in [0.25, 0.3) is 0 Å². The van der Waals surface area contributed by atoms with Crippen LogP contribution in [0.2, 0.25) is 0 Å². The molecular weight excluding hydrogens is 836 g/mol. The number of carboxylic acid groups (broad SMARTS) is 2. The van der Waals surface area contributed by atoms with E-state index in [1.807, 2.05) is 6.92 Å². The van der Waals surface area contributed by atoms with Gasteiger partial charge >= 0.3 is 41.5 Å². The molecule has 0 heterocycles. The van der Waals surface area contributed by atoms with Crippen LogP contribution in [0.25, 0.3) is 0 Å². The zero-order valence-electron chi connectivity index (χ0n) is 39.5. The molecule has 0 aromatic heterocycles. The Hall–Kier alpha value is -1.68. The van der Waals surface area contributed by atoms with Crippen molar-refractivity contribution >= 4 is 29.3 Å². The van der Waals surface area contributed by atoms with Gasteiger partial charge in [0.05, 0.1) is 10.8 Å². The van der Waals surface area contributed by atoms with E-state index in [-0.39, 0.29) is 107 Å². The maximum atomic E-state index is 13.6. The number of carbonyl (C=O) groups excluding carboxylic acids is 3. The minimum Gasteiger partial charge on any atom is -0.870 e. The molecule has 4 fully saturated rings. The maximum absolute atomic E-state index is 13.6. The Morgan fingerprint density at radius 1 is 0.710 bits per heavy atom. The number of hydrogen-bond acceptors (Lipinski definition) is 8. The van der Waals surface area contributed by atoms with Crippen LogP contribution < -0.4 is 29.6 Å². The van der Waals surface area contributed by atoms with Crippen molar-refractivity contribution in [2.75, 3.05) is 0 Å². The third kappa shape index (κ3) is 9.87. The molecule has 8 rings (SSSR count). The van der Waals surface area contributed by atoms with Crippen molar-refractivity contribution in [3.05, 3.63) is 46.6 Å². The average Bonchev–Trinajstić information content (AvgIpc) is 3.78. The average molecular weight is 913 g/mol. The Bertz CT molecular complexity index is 1880. The number of fused-ring (bicyclic) bond motifs is 6. The summed E-state index contributed by atoms with van der Waals surface area (Å²) in [5, 5.41) is 33.5. The van der Waals surface area contributed by atoms with E-state index in [0.29, 0.717) is 46.6 Å². The molecule has 0 saturated heterocycles. The van der Waals surface area contributed by atoms with E-state index in [1.165, 1.54) is 43.9 Å². The number of hydrogen-bond donors (Lipinski definition) is 4. The number of carboxylic acids is 2. The van der Waals surface area contributed by atoms with Crippen LogP contribution in [0.3, 0.4) is 0 Å². The van der Waals surface area contributed by atoms with Crippen molar-refractivity contribution in [1.82, 2.24) is 0 Å². The normalized spacial score (nSPS) is 37.8. The van der Waals surface area contributed by atoms with Crippen LogP contribution in [0, 0.1) is 80.8 Å². The first-order valence-electron chi connectivity index (χ1n) is 21.7. The Morgan fingerprint density at radius 2 is 1.10 bits per heavy atom. The number of allylic oxidation sites excluding steroid dienone is 8. The Balaban J connectivity index is 0.000000449. The summed E-state index contributed by atoms with van der Waals surface area (Å²) in [4.78, 5) is 59.7. The van der Waals surface area contributed by atoms with Crippen molar-refractivity contribution in [3.63, 3.8) is 0 Å². The molecule has 12 heteroatoms. The molecule has 13 atom stereocenters. The third-order valence-corrected chi connectivity index (χ3v) is 16.5. The number of aliphatic hydroxyl groups is 2. The van der Waals surface area contributed by atoms with Gasteiger partial charge in [0, 0.05) is 35.1 Å².